The number of hydrogen-bond acceptors (Lipinski definition) is 4. The van der Waals surface area contributed by atoms with Crippen LogP contribution in [0.15, 0.2) is 5.16 Å². The van der Waals surface area contributed by atoms with Crippen molar-refractivity contribution in [1.82, 2.24) is 0 Å². The lowest BCUT2D eigenvalue weighted by Crippen LogP contribution is -2.14. The second-order valence-corrected chi connectivity index (χ2v) is 0.914. The Bertz CT molecular complexity index is 118. The van der Waals surface area contributed by atoms with Crippen LogP contribution < -0.4 is 0 Å². The van der Waals surface area contributed by atoms with Gasteiger partial charge in [0, 0.05) is 0 Å². The van der Waals surface area contributed by atoms with Gasteiger partial charge in [-0.2, -0.15) is 0 Å². The monoisotopic (exact) mass is 119 g/mol. The quantitative estimate of drug-likeness (QED) is 0.195. The Morgan fingerprint density at radius 3 is 2.25 bits per heavy atom. The Morgan fingerprint density at radius 1 is 1.75 bits per heavy atom. The van der Waals surface area contributed by atoms with E-state index in [2.05, 4.69) is 9.89 Å². The summed E-state index contributed by atoms with van der Waals surface area (Å²) >= 11 is 0. The Hall–Kier alpha value is -1.26. The number of hydrogen-bond donors (Lipinski definition) is 2. The molecule has 0 heterocycles. The third-order valence-electron chi connectivity index (χ3n) is 0.467. The van der Waals surface area contributed by atoms with Gasteiger partial charge in [-0.25, -0.2) is 4.79 Å². The number of ether oxygens (including phenoxy) is 1. The lowest BCUT2D eigenvalue weighted by molar-refractivity contribution is -0.131. The Morgan fingerprint density at radius 2 is 2.25 bits per heavy atom. The molecule has 0 aliphatic heterocycles. The molecule has 0 unspecified atom stereocenters. The van der Waals surface area contributed by atoms with Crippen molar-refractivity contribution in [1.29, 1.82) is 0 Å². The van der Waals surface area contributed by atoms with Crippen LogP contribution in [0.5, 0.6) is 0 Å². The van der Waals surface area contributed by atoms with Gasteiger partial charge < -0.3 is 15.1 Å². The van der Waals surface area contributed by atoms with E-state index in [-0.39, 0.29) is 0 Å². The molecule has 0 saturated carbocycles. The molecule has 2 N–H and O–H groups in total. The molecule has 0 amide bonds. The zero-order chi connectivity index (χ0) is 6.57. The zero-order valence-corrected chi connectivity index (χ0v) is 4.16. The molecule has 0 aromatic heterocycles. The number of aliphatic carboxylic acids is 1. The van der Waals surface area contributed by atoms with Crippen molar-refractivity contribution >= 4 is 11.9 Å². The van der Waals surface area contributed by atoms with E-state index in [1.807, 2.05) is 0 Å². The Labute approximate surface area is 45.2 Å². The summed E-state index contributed by atoms with van der Waals surface area (Å²) in [6, 6.07) is 0. The van der Waals surface area contributed by atoms with Gasteiger partial charge in [0.1, 0.15) is 0 Å². The number of carboxylic acid groups (broad SMARTS) is 1. The molecule has 0 spiro atoms. The highest BCUT2D eigenvalue weighted by Crippen LogP contribution is 1.75. The zero-order valence-electron chi connectivity index (χ0n) is 4.16. The average molecular weight is 119 g/mol. The van der Waals surface area contributed by atoms with Crippen LogP contribution in [-0.4, -0.2) is 29.3 Å². The van der Waals surface area contributed by atoms with Gasteiger partial charge in [-0.05, 0) is 5.16 Å². The predicted molar refractivity (Wildman–Crippen MR) is 23.9 cm³/mol. The van der Waals surface area contributed by atoms with Gasteiger partial charge in [0.25, 0.3) is 0 Å². The smallest absolute Gasteiger partial charge is 0.394 e. The van der Waals surface area contributed by atoms with E-state index in [1.165, 1.54) is 0 Å². The Balaban J connectivity index is 3.92. The van der Waals surface area contributed by atoms with E-state index >= 15 is 0 Å². The van der Waals surface area contributed by atoms with Crippen molar-refractivity contribution in [2.45, 2.75) is 0 Å². The maximum atomic E-state index is 9.75. The van der Waals surface area contributed by atoms with Gasteiger partial charge in [-0.1, -0.05) is 0 Å². The molecule has 0 aromatic rings. The number of rotatable bonds is 0. The maximum absolute atomic E-state index is 9.75. The van der Waals surface area contributed by atoms with E-state index in [4.69, 9.17) is 10.3 Å². The number of nitrogens with zero attached hydrogens (tertiary/aromatic N) is 1. The summed E-state index contributed by atoms with van der Waals surface area (Å²) in [7, 11) is 1.10. The van der Waals surface area contributed by atoms with E-state index in [9.17, 15) is 4.79 Å². The molecule has 5 nitrogen and oxygen atoms in total. The molecular formula is C3H5NO4. The molecule has 5 heteroatoms. The largest absolute Gasteiger partial charge is 0.474 e. The lowest BCUT2D eigenvalue weighted by Gasteiger charge is -1.91. The van der Waals surface area contributed by atoms with Crippen LogP contribution in [0.3, 0.4) is 0 Å². The molecule has 46 valence electrons. The maximum Gasteiger partial charge on any atom is 0.394 e. The minimum atomic E-state index is -1.39. The first-order valence-corrected chi connectivity index (χ1v) is 1.71. The van der Waals surface area contributed by atoms with Crippen LogP contribution in [0.1, 0.15) is 0 Å². The summed E-state index contributed by atoms with van der Waals surface area (Å²) < 4.78 is 4.06. The van der Waals surface area contributed by atoms with Crippen molar-refractivity contribution < 1.29 is 19.8 Å². The topological polar surface area (TPSA) is 79.1 Å². The van der Waals surface area contributed by atoms with Gasteiger partial charge in [0.2, 0.25) is 0 Å². The highest BCUT2D eigenvalue weighted by Gasteiger charge is 2.07. The van der Waals surface area contributed by atoms with Crippen LogP contribution >= 0.6 is 0 Å². The van der Waals surface area contributed by atoms with E-state index in [1.54, 1.807) is 0 Å². The fourth-order valence-corrected chi connectivity index (χ4v) is 0.171. The molecule has 0 atom stereocenters. The highest BCUT2D eigenvalue weighted by molar-refractivity contribution is 6.31. The second-order valence-electron chi connectivity index (χ2n) is 0.914. The van der Waals surface area contributed by atoms with Crippen LogP contribution in [0.2, 0.25) is 0 Å². The summed E-state index contributed by atoms with van der Waals surface area (Å²) in [4.78, 5) is 9.75. The molecule has 8 heavy (non-hydrogen) atoms. The van der Waals surface area contributed by atoms with Gasteiger partial charge >= 0.3 is 11.9 Å². The molecule has 0 aliphatic rings. The predicted octanol–water partition coefficient (Wildman–Crippen LogP) is -0.495. The summed E-state index contributed by atoms with van der Waals surface area (Å²) in [5.41, 5.74) is 0. The second kappa shape index (κ2) is 2.84. The van der Waals surface area contributed by atoms with E-state index in [0.29, 0.717) is 0 Å². The van der Waals surface area contributed by atoms with Crippen molar-refractivity contribution in [3.8, 4) is 0 Å². The van der Waals surface area contributed by atoms with Gasteiger partial charge in [0.05, 0.1) is 7.11 Å². The first-order chi connectivity index (χ1) is 3.72. The number of carboxylic acids is 1. The van der Waals surface area contributed by atoms with Crippen LogP contribution in [0.4, 0.5) is 0 Å². The SMILES string of the molecule is COC(=NO)C(=O)O. The molecule has 0 saturated heterocycles. The minimum Gasteiger partial charge on any atom is -0.474 e. The van der Waals surface area contributed by atoms with Crippen LogP contribution in [0.25, 0.3) is 0 Å². The molecule has 0 rings (SSSR count). The number of methoxy groups -OCH3 is 1. The van der Waals surface area contributed by atoms with Crippen molar-refractivity contribution in [3.05, 3.63) is 0 Å². The van der Waals surface area contributed by atoms with Crippen molar-refractivity contribution in [2.24, 2.45) is 5.16 Å². The third kappa shape index (κ3) is 1.46. The highest BCUT2D eigenvalue weighted by atomic mass is 16.5. The molecule has 0 bridgehead atoms. The van der Waals surface area contributed by atoms with Gasteiger partial charge in [0.15, 0.2) is 0 Å². The van der Waals surface area contributed by atoms with E-state index < -0.39 is 11.9 Å². The molecule has 0 radical (unpaired) electrons. The fraction of sp³-hybridized carbons (Fsp3) is 0.333. The fourth-order valence-electron chi connectivity index (χ4n) is 0.171. The van der Waals surface area contributed by atoms with Crippen LogP contribution in [-0.2, 0) is 9.53 Å². The van der Waals surface area contributed by atoms with Crippen LogP contribution in [0, 0.1) is 0 Å². The van der Waals surface area contributed by atoms with Crippen molar-refractivity contribution in [2.75, 3.05) is 7.11 Å². The van der Waals surface area contributed by atoms with Crippen molar-refractivity contribution in [3.63, 3.8) is 0 Å². The average Bonchev–Trinajstić information content (AvgIpc) is 1.69. The lowest BCUT2D eigenvalue weighted by atomic mass is 10.7. The first-order valence-electron chi connectivity index (χ1n) is 1.71. The minimum absolute atomic E-state index is 0.718. The standard InChI is InChI=1S/C3H5NO4/c1-8-2(4-7)3(5)6/h7H,1H3,(H,5,6). The summed E-state index contributed by atoms with van der Waals surface area (Å²) in [6.45, 7) is 0. The summed E-state index contributed by atoms with van der Waals surface area (Å²) in [5.74, 6) is -2.11. The van der Waals surface area contributed by atoms with Gasteiger partial charge in [-0.3, -0.25) is 0 Å². The Kier molecular flexibility index (Phi) is 2.39. The summed E-state index contributed by atoms with van der Waals surface area (Å²) in [6.07, 6.45) is 0. The summed E-state index contributed by atoms with van der Waals surface area (Å²) in [5, 5.41) is 18.0. The normalized spacial score (nSPS) is 10.9. The first kappa shape index (κ1) is 6.74. The molecular weight excluding hydrogens is 114 g/mol. The third-order valence-corrected chi connectivity index (χ3v) is 0.467. The molecule has 0 aromatic carbocycles. The number of oxime groups is 1. The van der Waals surface area contributed by atoms with Gasteiger partial charge in [-0.15, -0.1) is 0 Å². The van der Waals surface area contributed by atoms with E-state index in [0.717, 1.165) is 7.11 Å². The molecule has 0 fully saturated rings. The number of carbonyl (C=O) groups is 1. The molecule has 0 aliphatic carbocycles.